The minimum Gasteiger partial charge on any atom is -0.493 e. The molecule has 2 aromatic carbocycles. The first kappa shape index (κ1) is 21.2. The molecule has 0 bridgehead atoms. The Hall–Kier alpha value is -1.47. The maximum Gasteiger partial charge on any atom is 0.273 e. The molecule has 0 radical (unpaired) electrons. The third kappa shape index (κ3) is 3.59. The van der Waals surface area contributed by atoms with E-state index in [4.69, 9.17) is 23.8 Å². The number of nitrogens with zero attached hydrogens (tertiary/aromatic N) is 1. The van der Waals surface area contributed by atoms with Gasteiger partial charge in [0.05, 0.1) is 40.6 Å². The van der Waals surface area contributed by atoms with Crippen LogP contribution in [0.2, 0.25) is 0 Å². The fourth-order valence-electron chi connectivity index (χ4n) is 3.07. The lowest BCUT2D eigenvalue weighted by Gasteiger charge is -2.29. The van der Waals surface area contributed by atoms with Crippen LogP contribution in [0, 0.1) is 7.14 Å². The molecule has 2 atom stereocenters. The minimum atomic E-state index is -1.71. The second-order valence-corrected chi connectivity index (χ2v) is 8.26. The van der Waals surface area contributed by atoms with Crippen LogP contribution in [0.25, 0.3) is 0 Å². The van der Waals surface area contributed by atoms with Crippen LogP contribution in [0.4, 0.5) is 0 Å². The lowest BCUT2D eigenvalue weighted by Crippen LogP contribution is -2.33. The molecular weight excluding hydrogens is 592 g/mol. The molecule has 9 heteroatoms. The van der Waals surface area contributed by atoms with E-state index in [0.29, 0.717) is 28.6 Å². The van der Waals surface area contributed by atoms with Crippen LogP contribution in [0.1, 0.15) is 17.0 Å². The molecule has 150 valence electrons. The number of halogens is 2. The molecule has 2 aromatic rings. The Bertz CT molecular complexity index is 920. The number of rotatable bonds is 6. The SMILES string of the molecule is COc1cc(I)c(C2C=NOC2(O)c2cc(OC)c(OC)cc2I)cc1OC. The highest BCUT2D eigenvalue weighted by Crippen LogP contribution is 2.47. The van der Waals surface area contributed by atoms with Gasteiger partial charge in [0.25, 0.3) is 5.79 Å². The number of aliphatic hydroxyl groups is 1. The Balaban J connectivity index is 2.14. The van der Waals surface area contributed by atoms with Crippen molar-refractivity contribution in [2.75, 3.05) is 28.4 Å². The molecule has 7 nitrogen and oxygen atoms in total. The highest BCUT2D eigenvalue weighted by Gasteiger charge is 2.48. The van der Waals surface area contributed by atoms with Gasteiger partial charge in [-0.25, -0.2) is 0 Å². The number of hydrogen-bond acceptors (Lipinski definition) is 7. The molecule has 28 heavy (non-hydrogen) atoms. The highest BCUT2D eigenvalue weighted by molar-refractivity contribution is 14.1. The monoisotopic (exact) mass is 611 g/mol. The van der Waals surface area contributed by atoms with E-state index < -0.39 is 11.7 Å². The lowest BCUT2D eigenvalue weighted by atomic mass is 9.87. The number of oxime groups is 1. The normalized spacial score (nSPS) is 20.6. The molecular formula is C19H19I2NO6. The van der Waals surface area contributed by atoms with Crippen LogP contribution in [-0.2, 0) is 10.6 Å². The van der Waals surface area contributed by atoms with Crippen molar-refractivity contribution in [3.05, 3.63) is 42.5 Å². The second kappa shape index (κ2) is 8.49. The van der Waals surface area contributed by atoms with Crippen molar-refractivity contribution in [3.63, 3.8) is 0 Å². The molecule has 0 amide bonds. The quantitative estimate of drug-likeness (QED) is 0.501. The Kier molecular flexibility index (Phi) is 6.44. The van der Waals surface area contributed by atoms with Crippen LogP contribution in [0.3, 0.4) is 0 Å². The first-order chi connectivity index (χ1) is 13.4. The molecule has 2 unspecified atom stereocenters. The van der Waals surface area contributed by atoms with E-state index >= 15 is 0 Å². The first-order valence-electron chi connectivity index (χ1n) is 8.17. The summed E-state index contributed by atoms with van der Waals surface area (Å²) in [4.78, 5) is 5.48. The van der Waals surface area contributed by atoms with E-state index in [1.165, 1.54) is 0 Å². The van der Waals surface area contributed by atoms with Gasteiger partial charge >= 0.3 is 0 Å². The summed E-state index contributed by atoms with van der Waals surface area (Å²) in [5, 5.41) is 15.5. The third-order valence-corrected chi connectivity index (χ3v) is 6.35. The zero-order valence-corrected chi connectivity index (χ0v) is 20.0. The van der Waals surface area contributed by atoms with Crippen molar-refractivity contribution < 1.29 is 28.9 Å². The second-order valence-electron chi connectivity index (χ2n) is 5.94. The fraction of sp³-hybridized carbons (Fsp3) is 0.316. The van der Waals surface area contributed by atoms with E-state index in [1.54, 1.807) is 46.8 Å². The Labute approximate surface area is 190 Å². The van der Waals surface area contributed by atoms with Gasteiger partial charge in [0.2, 0.25) is 0 Å². The molecule has 0 spiro atoms. The van der Waals surface area contributed by atoms with Gasteiger partial charge in [-0.15, -0.1) is 0 Å². The summed E-state index contributed by atoms with van der Waals surface area (Å²) in [6, 6.07) is 7.16. The summed E-state index contributed by atoms with van der Waals surface area (Å²) in [6.45, 7) is 0. The van der Waals surface area contributed by atoms with Crippen molar-refractivity contribution in [2.24, 2.45) is 5.16 Å². The van der Waals surface area contributed by atoms with Crippen molar-refractivity contribution in [1.29, 1.82) is 0 Å². The van der Waals surface area contributed by atoms with Crippen molar-refractivity contribution in [1.82, 2.24) is 0 Å². The van der Waals surface area contributed by atoms with Crippen LogP contribution < -0.4 is 18.9 Å². The number of hydrogen-bond donors (Lipinski definition) is 1. The summed E-state index contributed by atoms with van der Waals surface area (Å²) in [7, 11) is 6.25. The maximum absolute atomic E-state index is 11.5. The highest BCUT2D eigenvalue weighted by atomic mass is 127. The molecule has 1 N–H and O–H groups in total. The fourth-order valence-corrected chi connectivity index (χ4v) is 4.67. The van der Waals surface area contributed by atoms with E-state index in [0.717, 1.165) is 12.7 Å². The van der Waals surface area contributed by atoms with Gasteiger partial charge in [-0.05, 0) is 75.0 Å². The summed E-state index contributed by atoms with van der Waals surface area (Å²) >= 11 is 4.32. The largest absolute Gasteiger partial charge is 0.493 e. The number of methoxy groups -OCH3 is 4. The van der Waals surface area contributed by atoms with E-state index in [9.17, 15) is 5.11 Å². The molecule has 0 aliphatic carbocycles. The molecule has 0 saturated carbocycles. The molecule has 0 saturated heterocycles. The number of benzene rings is 2. The Morgan fingerprint density at radius 1 is 0.857 bits per heavy atom. The Morgan fingerprint density at radius 3 is 1.93 bits per heavy atom. The Morgan fingerprint density at radius 2 is 1.36 bits per heavy atom. The average Bonchev–Trinajstić information content (AvgIpc) is 3.09. The smallest absolute Gasteiger partial charge is 0.273 e. The van der Waals surface area contributed by atoms with Gasteiger partial charge in [0.1, 0.15) is 0 Å². The van der Waals surface area contributed by atoms with E-state index in [1.807, 2.05) is 12.1 Å². The van der Waals surface area contributed by atoms with Crippen molar-refractivity contribution in [2.45, 2.75) is 11.7 Å². The van der Waals surface area contributed by atoms with Crippen LogP contribution in [0.5, 0.6) is 23.0 Å². The van der Waals surface area contributed by atoms with Gasteiger partial charge in [-0.3, -0.25) is 0 Å². The topological polar surface area (TPSA) is 78.7 Å². The molecule has 0 fully saturated rings. The van der Waals surface area contributed by atoms with Crippen LogP contribution in [0.15, 0.2) is 29.4 Å². The van der Waals surface area contributed by atoms with E-state index in [-0.39, 0.29) is 0 Å². The van der Waals surface area contributed by atoms with Gasteiger partial charge in [-0.1, -0.05) is 5.16 Å². The van der Waals surface area contributed by atoms with Gasteiger partial charge in [0, 0.05) is 12.7 Å². The minimum absolute atomic E-state index is 0.489. The summed E-state index contributed by atoms with van der Waals surface area (Å²) in [6.07, 6.45) is 1.58. The van der Waals surface area contributed by atoms with Crippen molar-refractivity contribution in [3.8, 4) is 23.0 Å². The van der Waals surface area contributed by atoms with E-state index in [2.05, 4.69) is 50.3 Å². The zero-order valence-electron chi connectivity index (χ0n) is 15.7. The van der Waals surface area contributed by atoms with Crippen LogP contribution in [-0.4, -0.2) is 39.8 Å². The first-order valence-corrected chi connectivity index (χ1v) is 10.3. The summed E-state index contributed by atoms with van der Waals surface area (Å²) in [5.74, 6) is -0.0579. The molecule has 0 aromatic heterocycles. The lowest BCUT2D eigenvalue weighted by molar-refractivity contribution is -0.203. The predicted octanol–water partition coefficient (Wildman–Crippen LogP) is 3.88. The van der Waals surface area contributed by atoms with Crippen LogP contribution >= 0.6 is 45.2 Å². The average molecular weight is 611 g/mol. The maximum atomic E-state index is 11.5. The molecule has 1 heterocycles. The molecule has 1 aliphatic heterocycles. The predicted molar refractivity (Wildman–Crippen MR) is 121 cm³/mol. The zero-order chi connectivity index (χ0) is 20.5. The van der Waals surface area contributed by atoms with Crippen molar-refractivity contribution >= 4 is 51.4 Å². The summed E-state index contributed by atoms with van der Waals surface area (Å²) in [5.41, 5.74) is 1.33. The third-order valence-electron chi connectivity index (χ3n) is 4.52. The molecule has 3 rings (SSSR count). The van der Waals surface area contributed by atoms with Gasteiger partial charge < -0.3 is 28.9 Å². The van der Waals surface area contributed by atoms with Gasteiger partial charge in [-0.2, -0.15) is 0 Å². The molecule has 1 aliphatic rings. The summed E-state index contributed by atoms with van der Waals surface area (Å²) < 4.78 is 23.1. The van der Waals surface area contributed by atoms with Gasteiger partial charge in [0.15, 0.2) is 23.0 Å². The standard InChI is InChI=1S/C19H19I2NO6/c1-24-15-5-10(13(20)7-17(15)26-3)12-9-22-28-19(12,23)11-6-16(25-2)18(27-4)8-14(11)21/h5-9,12,23H,1-4H3. The number of ether oxygens (including phenoxy) is 4.